The molecule has 11 nitrogen and oxygen atoms in total. The molecular formula is C30H36ClN7O4S. The lowest BCUT2D eigenvalue weighted by Crippen LogP contribution is -2.43. The first kappa shape index (κ1) is 33.6. The smallest absolute Gasteiger partial charge is 0.261 e. The van der Waals surface area contributed by atoms with Gasteiger partial charge in [-0.1, -0.05) is 18.2 Å². The number of hydrogen-bond acceptors (Lipinski definition) is 9. The molecule has 3 N–H and O–H groups in total. The Morgan fingerprint density at radius 2 is 1.70 bits per heavy atom. The van der Waals surface area contributed by atoms with Gasteiger partial charge in [-0.25, -0.2) is 9.97 Å². The number of nitrogens with zero attached hydrogens (tertiary/aromatic N) is 5. The van der Waals surface area contributed by atoms with E-state index in [1.165, 1.54) is 5.56 Å². The number of amides is 1. The normalized spacial score (nSPS) is 13.7. The summed E-state index contributed by atoms with van der Waals surface area (Å²) in [6.45, 7) is 7.24. The molecule has 3 heterocycles. The maximum atomic E-state index is 12.9. The summed E-state index contributed by atoms with van der Waals surface area (Å²) in [5, 5.41) is 6.29. The zero-order valence-corrected chi connectivity index (χ0v) is 25.9. The number of benzene rings is 2. The number of nitrogens with one attached hydrogen (secondary N) is 2. The number of likely N-dealkylation sites (N-methyl/N-ethyl adjacent to an activating group) is 1. The molecule has 0 aliphatic carbocycles. The van der Waals surface area contributed by atoms with Crippen LogP contribution < -0.4 is 10.6 Å². The van der Waals surface area contributed by atoms with E-state index in [2.05, 4.69) is 42.4 Å². The number of carbonyl (C=O) groups excluding carboxylic acids is 1. The van der Waals surface area contributed by atoms with Gasteiger partial charge in [0, 0.05) is 73.8 Å². The molecule has 0 atom stereocenters. The summed E-state index contributed by atoms with van der Waals surface area (Å²) in [7, 11) is -1.51. The third-order valence-electron chi connectivity index (χ3n) is 6.57. The number of anilines is 3. The topological polar surface area (TPSA) is 141 Å². The Morgan fingerprint density at radius 1 is 1.00 bits per heavy atom. The van der Waals surface area contributed by atoms with Crippen molar-refractivity contribution >= 4 is 45.8 Å². The lowest BCUT2D eigenvalue weighted by atomic mass is 10.1. The van der Waals surface area contributed by atoms with Crippen LogP contribution in [-0.4, -0.2) is 83.1 Å². The molecule has 0 spiro atoms. The lowest BCUT2D eigenvalue weighted by molar-refractivity contribution is 0.102. The van der Waals surface area contributed by atoms with Crippen LogP contribution in [0.25, 0.3) is 11.3 Å². The fourth-order valence-corrected chi connectivity index (χ4v) is 4.28. The standard InChI is InChI=1S/C29H31N7O.CH4O3S.ClH/c1-21-5-10-25(18-27(21)34-29-31-13-11-26(33-29)24-4-3-12-30-19-24)32-28(37)23-8-6-22(7-9-23)20-36-16-14-35(2)15-17-36;1-5(2,3)4;/h3-13,18-19H,14-17,20H2,1-2H3,(H,32,37)(H,31,33,34);1H3,(H,2,3,4);1H. The summed E-state index contributed by atoms with van der Waals surface area (Å²) in [6, 6.07) is 19.3. The Bertz CT molecular complexity index is 1590. The Morgan fingerprint density at radius 3 is 2.35 bits per heavy atom. The minimum Gasteiger partial charge on any atom is -0.324 e. The van der Waals surface area contributed by atoms with Gasteiger partial charge < -0.3 is 15.5 Å². The van der Waals surface area contributed by atoms with Crippen molar-refractivity contribution in [3.63, 3.8) is 0 Å². The number of aromatic nitrogens is 3. The number of piperazine rings is 1. The average Bonchev–Trinajstić information content (AvgIpc) is 2.96. The Hall–Kier alpha value is -3.94. The van der Waals surface area contributed by atoms with Crippen molar-refractivity contribution in [3.8, 4) is 11.3 Å². The van der Waals surface area contributed by atoms with Crippen molar-refractivity contribution < 1.29 is 17.8 Å². The zero-order chi connectivity index (χ0) is 30.1. The maximum Gasteiger partial charge on any atom is 0.261 e. The van der Waals surface area contributed by atoms with E-state index < -0.39 is 10.1 Å². The van der Waals surface area contributed by atoms with Gasteiger partial charge in [-0.15, -0.1) is 12.4 Å². The lowest BCUT2D eigenvalue weighted by Gasteiger charge is -2.32. The van der Waals surface area contributed by atoms with Gasteiger partial charge in [0.1, 0.15) is 0 Å². The van der Waals surface area contributed by atoms with Crippen LogP contribution in [0.4, 0.5) is 17.3 Å². The molecule has 1 amide bonds. The summed E-state index contributed by atoms with van der Waals surface area (Å²) in [5.41, 5.74) is 6.08. The predicted molar refractivity (Wildman–Crippen MR) is 172 cm³/mol. The minimum absolute atomic E-state index is 0. The summed E-state index contributed by atoms with van der Waals surface area (Å²) in [4.78, 5) is 30.9. The number of carbonyl (C=O) groups is 1. The summed E-state index contributed by atoms with van der Waals surface area (Å²) < 4.78 is 25.9. The van der Waals surface area contributed by atoms with Crippen molar-refractivity contribution in [3.05, 3.63) is 95.9 Å². The van der Waals surface area contributed by atoms with E-state index in [4.69, 9.17) is 4.55 Å². The molecule has 228 valence electrons. The van der Waals surface area contributed by atoms with Crippen LogP contribution in [0.15, 0.2) is 79.3 Å². The highest BCUT2D eigenvalue weighted by Crippen LogP contribution is 2.24. The number of rotatable bonds is 7. The molecule has 0 unspecified atom stereocenters. The molecule has 2 aromatic carbocycles. The van der Waals surface area contributed by atoms with E-state index in [-0.39, 0.29) is 18.3 Å². The first-order valence-electron chi connectivity index (χ1n) is 13.4. The van der Waals surface area contributed by atoms with E-state index in [9.17, 15) is 13.2 Å². The summed E-state index contributed by atoms with van der Waals surface area (Å²) in [5.74, 6) is 0.333. The molecule has 4 aromatic rings. The van der Waals surface area contributed by atoms with Crippen molar-refractivity contribution in [1.29, 1.82) is 0 Å². The zero-order valence-electron chi connectivity index (χ0n) is 24.3. The van der Waals surface area contributed by atoms with Crippen molar-refractivity contribution in [2.75, 3.05) is 50.1 Å². The quantitative estimate of drug-likeness (QED) is 0.251. The number of pyridine rings is 1. The molecule has 1 aliphatic heterocycles. The molecule has 0 saturated carbocycles. The summed E-state index contributed by atoms with van der Waals surface area (Å²) in [6.07, 6.45) is 5.93. The van der Waals surface area contributed by atoms with E-state index in [1.54, 1.807) is 18.6 Å². The first-order valence-corrected chi connectivity index (χ1v) is 15.2. The molecule has 0 bridgehead atoms. The molecule has 2 aromatic heterocycles. The molecule has 5 rings (SSSR count). The van der Waals surface area contributed by atoms with Gasteiger partial charge in [0.25, 0.3) is 16.0 Å². The number of aryl methyl sites for hydroxylation is 1. The van der Waals surface area contributed by atoms with Gasteiger partial charge in [0.2, 0.25) is 5.95 Å². The fraction of sp³-hybridized carbons (Fsp3) is 0.267. The summed E-state index contributed by atoms with van der Waals surface area (Å²) >= 11 is 0. The maximum absolute atomic E-state index is 12.9. The van der Waals surface area contributed by atoms with Crippen molar-refractivity contribution in [2.45, 2.75) is 13.5 Å². The second-order valence-electron chi connectivity index (χ2n) is 10.1. The van der Waals surface area contributed by atoms with E-state index >= 15 is 0 Å². The minimum atomic E-state index is -3.67. The molecule has 43 heavy (non-hydrogen) atoms. The van der Waals surface area contributed by atoms with Gasteiger partial charge in [0.05, 0.1) is 11.9 Å². The number of halogens is 1. The van der Waals surface area contributed by atoms with Gasteiger partial charge >= 0.3 is 0 Å². The average molecular weight is 626 g/mol. The third kappa shape index (κ3) is 11.0. The van der Waals surface area contributed by atoms with Gasteiger partial charge in [-0.2, -0.15) is 8.42 Å². The van der Waals surface area contributed by atoms with Crippen molar-refractivity contribution in [2.24, 2.45) is 0 Å². The van der Waals surface area contributed by atoms with Crippen LogP contribution in [0.1, 0.15) is 21.5 Å². The van der Waals surface area contributed by atoms with Crippen LogP contribution in [-0.2, 0) is 16.7 Å². The molecule has 1 aliphatic rings. The molecule has 1 saturated heterocycles. The predicted octanol–water partition coefficient (Wildman–Crippen LogP) is 4.52. The monoisotopic (exact) mass is 625 g/mol. The van der Waals surface area contributed by atoms with Crippen LogP contribution in [0.2, 0.25) is 0 Å². The van der Waals surface area contributed by atoms with E-state index in [0.29, 0.717) is 23.5 Å². The second-order valence-corrected chi connectivity index (χ2v) is 11.6. The third-order valence-corrected chi connectivity index (χ3v) is 6.57. The molecule has 13 heteroatoms. The Labute approximate surface area is 258 Å². The highest BCUT2D eigenvalue weighted by molar-refractivity contribution is 7.85. The van der Waals surface area contributed by atoms with E-state index in [1.807, 2.05) is 67.6 Å². The largest absolute Gasteiger partial charge is 0.324 e. The fourth-order valence-electron chi connectivity index (χ4n) is 4.28. The van der Waals surface area contributed by atoms with Crippen molar-refractivity contribution in [1.82, 2.24) is 24.8 Å². The first-order chi connectivity index (χ1) is 20.0. The Balaban J connectivity index is 0.000000781. The Kier molecular flexibility index (Phi) is 12.1. The highest BCUT2D eigenvalue weighted by Gasteiger charge is 2.14. The molecular weight excluding hydrogens is 590 g/mol. The highest BCUT2D eigenvalue weighted by atomic mass is 35.5. The SMILES string of the molecule is CS(=O)(=O)O.Cc1ccc(NC(=O)c2ccc(CN3CCN(C)CC3)cc2)cc1Nc1nccc(-c2cccnc2)n1.Cl. The number of hydrogen-bond donors (Lipinski definition) is 3. The van der Waals surface area contributed by atoms with Crippen LogP contribution in [0.5, 0.6) is 0 Å². The van der Waals surface area contributed by atoms with Gasteiger partial charge in [0.15, 0.2) is 0 Å². The molecule has 0 radical (unpaired) electrons. The second kappa shape index (κ2) is 15.5. The van der Waals surface area contributed by atoms with Crippen LogP contribution in [0.3, 0.4) is 0 Å². The molecule has 1 fully saturated rings. The van der Waals surface area contributed by atoms with Gasteiger partial charge in [-0.3, -0.25) is 19.2 Å². The van der Waals surface area contributed by atoms with Gasteiger partial charge in [-0.05, 0) is 67.6 Å². The van der Waals surface area contributed by atoms with E-state index in [0.717, 1.165) is 55.2 Å². The van der Waals surface area contributed by atoms with Crippen LogP contribution >= 0.6 is 12.4 Å². The van der Waals surface area contributed by atoms with Crippen LogP contribution in [0, 0.1) is 6.92 Å².